The van der Waals surface area contributed by atoms with Gasteiger partial charge in [-0.2, -0.15) is 0 Å². The van der Waals surface area contributed by atoms with Gasteiger partial charge in [-0.3, -0.25) is 0 Å². The van der Waals surface area contributed by atoms with E-state index in [2.05, 4.69) is 12.2 Å². The summed E-state index contributed by atoms with van der Waals surface area (Å²) in [7, 11) is 0. The van der Waals surface area contributed by atoms with Crippen LogP contribution in [0.4, 0.5) is 0 Å². The molecule has 0 saturated heterocycles. The highest BCUT2D eigenvalue weighted by Gasteiger charge is 2.57. The molecule has 76 valence electrons. The van der Waals surface area contributed by atoms with Gasteiger partial charge in [-0.1, -0.05) is 18.6 Å². The summed E-state index contributed by atoms with van der Waals surface area (Å²) in [5, 5.41) is 0. The van der Waals surface area contributed by atoms with Crippen LogP contribution in [0.15, 0.2) is 12.2 Å². The van der Waals surface area contributed by atoms with Gasteiger partial charge < -0.3 is 0 Å². The lowest BCUT2D eigenvalue weighted by atomic mass is 9.66. The fourth-order valence-electron chi connectivity index (χ4n) is 5.57. The molecule has 4 rings (SSSR count). The quantitative estimate of drug-likeness (QED) is 0.509. The average Bonchev–Trinajstić information content (AvgIpc) is 2.88. The van der Waals surface area contributed by atoms with Gasteiger partial charge in [0.15, 0.2) is 0 Å². The molecule has 0 heteroatoms. The molecule has 0 aromatic heterocycles. The molecule has 0 spiro atoms. The molecule has 6 atom stereocenters. The molecule has 0 heterocycles. The van der Waals surface area contributed by atoms with E-state index in [1.165, 1.54) is 24.7 Å². The first-order valence-corrected chi connectivity index (χ1v) is 6.60. The summed E-state index contributed by atoms with van der Waals surface area (Å²) in [6, 6.07) is 0. The normalized spacial score (nSPS) is 58.9. The summed E-state index contributed by atoms with van der Waals surface area (Å²) in [6.45, 7) is 0. The Labute approximate surface area is 86.8 Å². The maximum Gasteiger partial charge on any atom is -0.0314 e. The van der Waals surface area contributed by atoms with E-state index in [0.717, 1.165) is 23.7 Å². The minimum absolute atomic E-state index is 1.12. The molecule has 0 aromatic rings. The highest BCUT2D eigenvalue weighted by atomic mass is 14.6. The van der Waals surface area contributed by atoms with Gasteiger partial charge in [-0.15, -0.1) is 0 Å². The van der Waals surface area contributed by atoms with Crippen LogP contribution in [0.25, 0.3) is 0 Å². The van der Waals surface area contributed by atoms with E-state index in [4.69, 9.17) is 0 Å². The van der Waals surface area contributed by atoms with Gasteiger partial charge in [0.2, 0.25) is 0 Å². The summed E-state index contributed by atoms with van der Waals surface area (Å²) in [6.07, 6.45) is 14.1. The van der Waals surface area contributed by atoms with Crippen molar-refractivity contribution in [3.05, 3.63) is 12.2 Å². The van der Waals surface area contributed by atoms with Crippen LogP contribution in [0.3, 0.4) is 0 Å². The molecule has 4 aliphatic carbocycles. The molecule has 3 saturated carbocycles. The molecule has 0 nitrogen and oxygen atoms in total. The van der Waals surface area contributed by atoms with Crippen LogP contribution < -0.4 is 0 Å². The Morgan fingerprint density at radius 1 is 0.643 bits per heavy atom. The van der Waals surface area contributed by atoms with Crippen molar-refractivity contribution in [1.82, 2.24) is 0 Å². The van der Waals surface area contributed by atoms with E-state index in [-0.39, 0.29) is 0 Å². The lowest BCUT2D eigenvalue weighted by Crippen LogP contribution is -2.33. The van der Waals surface area contributed by atoms with E-state index < -0.39 is 0 Å². The van der Waals surface area contributed by atoms with Gasteiger partial charge in [-0.05, 0) is 67.6 Å². The first-order valence-electron chi connectivity index (χ1n) is 6.60. The van der Waals surface area contributed by atoms with Gasteiger partial charge in [-0.25, -0.2) is 0 Å². The van der Waals surface area contributed by atoms with Crippen LogP contribution in [0, 0.1) is 35.5 Å². The third kappa shape index (κ3) is 0.816. The predicted octanol–water partition coefficient (Wildman–Crippen LogP) is 3.63. The standard InChI is InChI=1S/C14H20/c1-2-5-10-9(4-1)13-8-14(10)12-7-3-6-11(12)13/h1-2,9-14H,3-8H2. The number of hydrogen-bond donors (Lipinski definition) is 0. The second kappa shape index (κ2) is 2.65. The van der Waals surface area contributed by atoms with Crippen molar-refractivity contribution < 1.29 is 0 Å². The molecule has 0 amide bonds. The zero-order valence-corrected chi connectivity index (χ0v) is 8.86. The summed E-state index contributed by atoms with van der Waals surface area (Å²) >= 11 is 0. The van der Waals surface area contributed by atoms with Gasteiger partial charge in [0.05, 0.1) is 0 Å². The lowest BCUT2D eigenvalue weighted by molar-refractivity contribution is 0.114. The van der Waals surface area contributed by atoms with Gasteiger partial charge in [0.25, 0.3) is 0 Å². The fourth-order valence-corrected chi connectivity index (χ4v) is 5.57. The number of fused-ring (bicyclic) bond motifs is 8. The molecule has 3 fully saturated rings. The van der Waals surface area contributed by atoms with Crippen LogP contribution >= 0.6 is 0 Å². The SMILES string of the molecule is C1=CCC2C(C1)C1CC2C2CCCC21. The first-order chi connectivity index (χ1) is 6.95. The Morgan fingerprint density at radius 3 is 1.79 bits per heavy atom. The second-order valence-corrected chi connectivity index (χ2v) is 6.09. The van der Waals surface area contributed by atoms with E-state index in [9.17, 15) is 0 Å². The van der Waals surface area contributed by atoms with Crippen LogP contribution in [0.1, 0.15) is 38.5 Å². The van der Waals surface area contributed by atoms with Crippen molar-refractivity contribution in [2.75, 3.05) is 0 Å². The van der Waals surface area contributed by atoms with E-state index in [0.29, 0.717) is 0 Å². The summed E-state index contributed by atoms with van der Waals surface area (Å²) in [5.41, 5.74) is 0. The monoisotopic (exact) mass is 188 g/mol. The molecule has 0 aliphatic heterocycles. The van der Waals surface area contributed by atoms with Crippen molar-refractivity contribution in [2.24, 2.45) is 35.5 Å². The Morgan fingerprint density at radius 2 is 1.21 bits per heavy atom. The highest BCUT2D eigenvalue weighted by Crippen LogP contribution is 2.65. The average molecular weight is 188 g/mol. The third-order valence-corrected chi connectivity index (χ3v) is 5.90. The molecule has 2 bridgehead atoms. The number of rotatable bonds is 0. The molecule has 14 heavy (non-hydrogen) atoms. The fraction of sp³-hybridized carbons (Fsp3) is 0.857. The number of allylic oxidation sites excluding steroid dienone is 2. The molecule has 0 radical (unpaired) electrons. The largest absolute Gasteiger partial charge is 0.0882 e. The molecule has 4 aliphatic rings. The minimum Gasteiger partial charge on any atom is -0.0882 e. The summed E-state index contributed by atoms with van der Waals surface area (Å²) in [5.74, 6) is 6.89. The summed E-state index contributed by atoms with van der Waals surface area (Å²) in [4.78, 5) is 0. The molecule has 0 N–H and O–H groups in total. The predicted molar refractivity (Wildman–Crippen MR) is 57.8 cm³/mol. The number of hydrogen-bond acceptors (Lipinski definition) is 0. The summed E-state index contributed by atoms with van der Waals surface area (Å²) < 4.78 is 0. The topological polar surface area (TPSA) is 0 Å². The lowest BCUT2D eigenvalue weighted by Gasteiger charge is -2.39. The molecule has 6 unspecified atom stereocenters. The Kier molecular flexibility index (Phi) is 1.51. The van der Waals surface area contributed by atoms with Crippen molar-refractivity contribution in [3.63, 3.8) is 0 Å². The third-order valence-electron chi connectivity index (χ3n) is 5.90. The van der Waals surface area contributed by atoms with Crippen LogP contribution in [0.2, 0.25) is 0 Å². The van der Waals surface area contributed by atoms with Crippen LogP contribution in [-0.4, -0.2) is 0 Å². The zero-order valence-electron chi connectivity index (χ0n) is 8.86. The Hall–Kier alpha value is -0.260. The van der Waals surface area contributed by atoms with E-state index >= 15 is 0 Å². The molecule has 0 aromatic carbocycles. The Balaban J connectivity index is 1.71. The van der Waals surface area contributed by atoms with Crippen LogP contribution in [0.5, 0.6) is 0 Å². The minimum atomic E-state index is 1.12. The zero-order chi connectivity index (χ0) is 9.12. The van der Waals surface area contributed by atoms with Gasteiger partial charge in [0.1, 0.15) is 0 Å². The van der Waals surface area contributed by atoms with Gasteiger partial charge >= 0.3 is 0 Å². The maximum atomic E-state index is 2.46. The first kappa shape index (κ1) is 7.96. The van der Waals surface area contributed by atoms with E-state index in [1.807, 2.05) is 0 Å². The van der Waals surface area contributed by atoms with Crippen LogP contribution in [-0.2, 0) is 0 Å². The van der Waals surface area contributed by atoms with Crippen molar-refractivity contribution in [2.45, 2.75) is 38.5 Å². The van der Waals surface area contributed by atoms with Gasteiger partial charge in [0, 0.05) is 0 Å². The van der Waals surface area contributed by atoms with E-state index in [1.54, 1.807) is 25.7 Å². The van der Waals surface area contributed by atoms with Crippen molar-refractivity contribution in [3.8, 4) is 0 Å². The maximum absolute atomic E-state index is 2.46. The second-order valence-electron chi connectivity index (χ2n) is 6.09. The Bertz CT molecular complexity index is 252. The molecular formula is C14H20. The smallest absolute Gasteiger partial charge is 0.0314 e. The highest BCUT2D eigenvalue weighted by molar-refractivity contribution is 5.11. The van der Waals surface area contributed by atoms with Crippen molar-refractivity contribution in [1.29, 1.82) is 0 Å². The van der Waals surface area contributed by atoms with Crippen molar-refractivity contribution >= 4 is 0 Å². The molecular weight excluding hydrogens is 168 g/mol.